The van der Waals surface area contributed by atoms with Crippen molar-refractivity contribution >= 4 is 40.1 Å². The molecule has 0 aliphatic carbocycles. The Morgan fingerprint density at radius 3 is 2.33 bits per heavy atom. The topological polar surface area (TPSA) is 100 Å². The molecule has 0 atom stereocenters. The van der Waals surface area contributed by atoms with Crippen LogP contribution in [0, 0.1) is 0 Å². The molecule has 0 amide bonds. The number of rotatable bonds is 3. The predicted octanol–water partition coefficient (Wildman–Crippen LogP) is 3.16. The standard InChI is InChI=1S/C15H11Cl2N3O4/c1-22-8-4-9(23-2)12(17)10(11(8)16)7-3-6-5-19-15(18)20-13(6)14(21)24-7/h3-5H,1-2H3,(H2,18,19,20). The average molecular weight is 368 g/mol. The molecule has 2 heterocycles. The van der Waals surface area contributed by atoms with Crippen LogP contribution >= 0.6 is 23.2 Å². The zero-order chi connectivity index (χ0) is 17.4. The monoisotopic (exact) mass is 367 g/mol. The van der Waals surface area contributed by atoms with Crippen LogP contribution in [0.4, 0.5) is 5.95 Å². The van der Waals surface area contributed by atoms with Crippen molar-refractivity contribution in [3.63, 3.8) is 0 Å². The molecule has 3 rings (SSSR count). The van der Waals surface area contributed by atoms with Crippen LogP contribution in [-0.4, -0.2) is 24.2 Å². The van der Waals surface area contributed by atoms with E-state index in [2.05, 4.69) is 9.97 Å². The first kappa shape index (κ1) is 16.4. The van der Waals surface area contributed by atoms with E-state index in [1.54, 1.807) is 6.07 Å². The second-order valence-electron chi connectivity index (χ2n) is 4.71. The Morgan fingerprint density at radius 2 is 1.75 bits per heavy atom. The van der Waals surface area contributed by atoms with Gasteiger partial charge in [-0.3, -0.25) is 0 Å². The molecule has 0 fully saturated rings. The zero-order valence-electron chi connectivity index (χ0n) is 12.6. The maximum Gasteiger partial charge on any atom is 0.363 e. The lowest BCUT2D eigenvalue weighted by atomic mass is 10.1. The van der Waals surface area contributed by atoms with Crippen LogP contribution in [0.5, 0.6) is 11.5 Å². The Kier molecular flexibility index (Phi) is 4.21. The molecule has 0 bridgehead atoms. The highest BCUT2D eigenvalue weighted by Gasteiger charge is 2.21. The molecular formula is C15H11Cl2N3O4. The number of anilines is 1. The number of ether oxygens (including phenoxy) is 2. The van der Waals surface area contributed by atoms with Gasteiger partial charge in [0.15, 0.2) is 5.52 Å². The van der Waals surface area contributed by atoms with E-state index in [-0.39, 0.29) is 32.8 Å². The first-order chi connectivity index (χ1) is 11.5. The van der Waals surface area contributed by atoms with Crippen LogP contribution in [0.25, 0.3) is 22.2 Å². The first-order valence-electron chi connectivity index (χ1n) is 6.63. The highest BCUT2D eigenvalue weighted by Crippen LogP contribution is 2.45. The van der Waals surface area contributed by atoms with Gasteiger partial charge in [-0.15, -0.1) is 0 Å². The molecule has 2 N–H and O–H groups in total. The van der Waals surface area contributed by atoms with E-state index in [1.807, 2.05) is 0 Å². The third-order valence-electron chi connectivity index (χ3n) is 3.34. The third-order valence-corrected chi connectivity index (χ3v) is 4.09. The smallest absolute Gasteiger partial charge is 0.363 e. The van der Waals surface area contributed by atoms with Crippen LogP contribution in [0.15, 0.2) is 27.5 Å². The molecule has 0 aliphatic rings. The molecule has 1 aromatic carbocycles. The first-order valence-corrected chi connectivity index (χ1v) is 7.38. The van der Waals surface area contributed by atoms with E-state index >= 15 is 0 Å². The summed E-state index contributed by atoms with van der Waals surface area (Å²) in [6, 6.07) is 3.08. The Bertz CT molecular complexity index is 976. The highest BCUT2D eigenvalue weighted by molar-refractivity contribution is 6.41. The number of aromatic nitrogens is 2. The van der Waals surface area contributed by atoms with Gasteiger partial charge in [-0.25, -0.2) is 14.8 Å². The maximum atomic E-state index is 12.2. The molecule has 7 nitrogen and oxygen atoms in total. The second kappa shape index (κ2) is 6.18. The number of nitrogens with zero attached hydrogens (tertiary/aromatic N) is 2. The van der Waals surface area contributed by atoms with E-state index in [9.17, 15) is 4.79 Å². The minimum atomic E-state index is -0.689. The third kappa shape index (κ3) is 2.61. The summed E-state index contributed by atoms with van der Waals surface area (Å²) in [6.45, 7) is 0. The number of hydrogen-bond donors (Lipinski definition) is 1. The number of nitrogen functional groups attached to an aromatic ring is 1. The summed E-state index contributed by atoms with van der Waals surface area (Å²) in [7, 11) is 2.90. The Labute approximate surface area is 145 Å². The van der Waals surface area contributed by atoms with E-state index in [0.29, 0.717) is 16.9 Å². The fourth-order valence-electron chi connectivity index (χ4n) is 2.22. The van der Waals surface area contributed by atoms with E-state index in [4.69, 9.17) is 42.8 Å². The van der Waals surface area contributed by atoms with Gasteiger partial charge in [0, 0.05) is 17.6 Å². The van der Waals surface area contributed by atoms with Crippen molar-refractivity contribution in [2.24, 2.45) is 0 Å². The molecule has 3 aromatic rings. The number of benzene rings is 1. The van der Waals surface area contributed by atoms with Crippen molar-refractivity contribution in [1.82, 2.24) is 9.97 Å². The van der Waals surface area contributed by atoms with Gasteiger partial charge in [0.1, 0.15) is 17.3 Å². The van der Waals surface area contributed by atoms with Crippen molar-refractivity contribution in [3.05, 3.63) is 38.8 Å². The van der Waals surface area contributed by atoms with Gasteiger partial charge < -0.3 is 19.6 Å². The lowest BCUT2D eigenvalue weighted by Gasteiger charge is -2.14. The van der Waals surface area contributed by atoms with Gasteiger partial charge in [-0.1, -0.05) is 23.2 Å². The maximum absolute atomic E-state index is 12.2. The van der Waals surface area contributed by atoms with Crippen LogP contribution < -0.4 is 20.8 Å². The Balaban J connectivity index is 2.35. The van der Waals surface area contributed by atoms with Crippen molar-refractivity contribution in [2.45, 2.75) is 0 Å². The van der Waals surface area contributed by atoms with Gasteiger partial charge in [0.2, 0.25) is 5.95 Å². The van der Waals surface area contributed by atoms with E-state index < -0.39 is 5.63 Å². The summed E-state index contributed by atoms with van der Waals surface area (Å²) in [5.41, 5.74) is 5.13. The molecule has 24 heavy (non-hydrogen) atoms. The fraction of sp³-hybridized carbons (Fsp3) is 0.133. The lowest BCUT2D eigenvalue weighted by Crippen LogP contribution is -2.06. The lowest BCUT2D eigenvalue weighted by molar-refractivity contribution is 0.394. The highest BCUT2D eigenvalue weighted by atomic mass is 35.5. The van der Waals surface area contributed by atoms with Crippen LogP contribution in [0.2, 0.25) is 10.0 Å². The van der Waals surface area contributed by atoms with Gasteiger partial charge >= 0.3 is 5.63 Å². The molecule has 0 radical (unpaired) electrons. The minimum absolute atomic E-state index is 0.0262. The average Bonchev–Trinajstić information content (AvgIpc) is 2.56. The van der Waals surface area contributed by atoms with Crippen LogP contribution in [0.3, 0.4) is 0 Å². The Hall–Kier alpha value is -2.51. The molecule has 0 saturated heterocycles. The van der Waals surface area contributed by atoms with Crippen LogP contribution in [0.1, 0.15) is 0 Å². The largest absolute Gasteiger partial charge is 0.495 e. The number of nitrogens with two attached hydrogens (primary N) is 1. The molecule has 0 unspecified atom stereocenters. The van der Waals surface area contributed by atoms with Crippen molar-refractivity contribution in [3.8, 4) is 22.8 Å². The van der Waals surface area contributed by atoms with E-state index in [1.165, 1.54) is 26.5 Å². The van der Waals surface area contributed by atoms with Crippen molar-refractivity contribution in [1.29, 1.82) is 0 Å². The molecule has 0 spiro atoms. The van der Waals surface area contributed by atoms with Gasteiger partial charge in [0.25, 0.3) is 0 Å². The molecule has 9 heteroatoms. The van der Waals surface area contributed by atoms with Gasteiger partial charge in [0.05, 0.1) is 29.8 Å². The minimum Gasteiger partial charge on any atom is -0.495 e. The predicted molar refractivity (Wildman–Crippen MR) is 91.0 cm³/mol. The summed E-state index contributed by atoms with van der Waals surface area (Å²) in [6.07, 6.45) is 1.41. The summed E-state index contributed by atoms with van der Waals surface area (Å²) in [5, 5.41) is 0.800. The normalized spacial score (nSPS) is 10.8. The number of hydrogen-bond acceptors (Lipinski definition) is 7. The van der Waals surface area contributed by atoms with E-state index in [0.717, 1.165) is 0 Å². The number of fused-ring (bicyclic) bond motifs is 1. The summed E-state index contributed by atoms with van der Waals surface area (Å²) in [4.78, 5) is 19.9. The van der Waals surface area contributed by atoms with Crippen LogP contribution in [-0.2, 0) is 0 Å². The zero-order valence-corrected chi connectivity index (χ0v) is 14.1. The van der Waals surface area contributed by atoms with Crippen molar-refractivity contribution < 1.29 is 13.9 Å². The molecule has 2 aromatic heterocycles. The molecule has 124 valence electrons. The number of methoxy groups -OCH3 is 2. The molecule has 0 saturated carbocycles. The van der Waals surface area contributed by atoms with Gasteiger partial charge in [-0.2, -0.15) is 0 Å². The number of halogens is 2. The molecular weight excluding hydrogens is 357 g/mol. The molecule has 0 aliphatic heterocycles. The fourth-order valence-corrected chi connectivity index (χ4v) is 2.90. The second-order valence-corrected chi connectivity index (χ2v) is 5.47. The Morgan fingerprint density at radius 1 is 1.12 bits per heavy atom. The van der Waals surface area contributed by atoms with Gasteiger partial charge in [-0.05, 0) is 6.07 Å². The summed E-state index contributed by atoms with van der Waals surface area (Å²) < 4.78 is 15.7. The van der Waals surface area contributed by atoms with Crippen molar-refractivity contribution in [2.75, 3.05) is 20.0 Å². The summed E-state index contributed by atoms with van der Waals surface area (Å²) in [5.74, 6) is 0.753. The quantitative estimate of drug-likeness (QED) is 0.758. The SMILES string of the molecule is COc1cc(OC)c(Cl)c(-c2cc3cnc(N)nc3c(=O)o2)c1Cl. The summed E-state index contributed by atoms with van der Waals surface area (Å²) >= 11 is 12.7.